The zero-order valence-corrected chi connectivity index (χ0v) is 6.40. The number of halogens is 1. The van der Waals surface area contributed by atoms with Gasteiger partial charge in [-0.3, -0.25) is 0 Å². The van der Waals surface area contributed by atoms with Crippen LogP contribution < -0.4 is 0 Å². The first-order valence-electron chi connectivity index (χ1n) is 3.23. The number of hydrogen-bond acceptors (Lipinski definition) is 0. The van der Waals surface area contributed by atoms with Crippen LogP contribution in [0, 0.1) is 0 Å². The first-order valence-corrected chi connectivity index (χ1v) is 3.77. The fourth-order valence-electron chi connectivity index (χ4n) is 0.561. The van der Waals surface area contributed by atoms with Crippen molar-refractivity contribution in [1.29, 1.82) is 0 Å². The highest BCUT2D eigenvalue weighted by molar-refractivity contribution is 6.18. The van der Waals surface area contributed by atoms with Crippen molar-refractivity contribution in [2.45, 2.75) is 19.3 Å². The van der Waals surface area contributed by atoms with E-state index >= 15 is 0 Å². The Bertz CT molecular complexity index is 84.6. The summed E-state index contributed by atoms with van der Waals surface area (Å²) in [5.74, 6) is 0.633. The van der Waals surface area contributed by atoms with Gasteiger partial charge in [-0.05, 0) is 19.3 Å². The average Bonchev–Trinajstić information content (AvgIpc) is 1.89. The van der Waals surface area contributed by atoms with Crippen LogP contribution in [0.1, 0.15) is 19.3 Å². The molecule has 1 heteroatoms. The summed E-state index contributed by atoms with van der Waals surface area (Å²) in [5.41, 5.74) is 0. The maximum absolute atomic E-state index is 5.41. The molecule has 0 bridgehead atoms. The molecule has 0 saturated carbocycles. The van der Waals surface area contributed by atoms with Crippen LogP contribution in [0.3, 0.4) is 0 Å². The maximum atomic E-state index is 5.41. The highest BCUT2D eigenvalue weighted by Crippen LogP contribution is 1.96. The van der Waals surface area contributed by atoms with Crippen LogP contribution in [-0.2, 0) is 0 Å². The second-order valence-corrected chi connectivity index (χ2v) is 2.15. The zero-order chi connectivity index (χ0) is 6.95. The molecule has 0 rings (SSSR count). The van der Waals surface area contributed by atoms with Gasteiger partial charge in [0.2, 0.25) is 0 Å². The molecule has 0 heterocycles. The van der Waals surface area contributed by atoms with Crippen LogP contribution in [0.5, 0.6) is 0 Å². The van der Waals surface area contributed by atoms with Crippen molar-refractivity contribution >= 4 is 11.6 Å². The second-order valence-electron chi connectivity index (χ2n) is 1.85. The van der Waals surface area contributed by atoms with Crippen molar-refractivity contribution in [3.63, 3.8) is 0 Å². The third kappa shape index (κ3) is 7.77. The van der Waals surface area contributed by atoms with Crippen molar-refractivity contribution in [1.82, 2.24) is 0 Å². The number of hydrogen-bond donors (Lipinski definition) is 0. The molecule has 0 nitrogen and oxygen atoms in total. The summed E-state index contributed by atoms with van der Waals surface area (Å²) >= 11 is 5.41. The summed E-state index contributed by atoms with van der Waals surface area (Å²) in [6.07, 6.45) is 9.44. The molecular formula is C8H13Cl. The van der Waals surface area contributed by atoms with E-state index in [0.29, 0.717) is 5.88 Å². The summed E-state index contributed by atoms with van der Waals surface area (Å²) in [4.78, 5) is 0. The Balaban J connectivity index is 2.90. The van der Waals surface area contributed by atoms with Crippen LogP contribution in [0.25, 0.3) is 0 Å². The summed E-state index contributed by atoms with van der Waals surface area (Å²) in [6.45, 7) is 3.63. The SMILES string of the molecule is C=CCCCC=CCCl. The third-order valence-electron chi connectivity index (χ3n) is 1.03. The second kappa shape index (κ2) is 7.77. The topological polar surface area (TPSA) is 0 Å². The summed E-state index contributed by atoms with van der Waals surface area (Å²) < 4.78 is 0. The standard InChI is InChI=1S/C8H13Cl/c1-2-3-4-5-6-7-8-9/h2,6-7H,1,3-5,8H2. The quantitative estimate of drug-likeness (QED) is 0.316. The van der Waals surface area contributed by atoms with E-state index in [-0.39, 0.29) is 0 Å². The van der Waals surface area contributed by atoms with Crippen molar-refractivity contribution in [3.05, 3.63) is 24.8 Å². The fourth-order valence-corrected chi connectivity index (χ4v) is 0.687. The molecule has 0 aliphatic rings. The summed E-state index contributed by atoms with van der Waals surface area (Å²) in [6, 6.07) is 0. The minimum atomic E-state index is 0.633. The molecule has 0 amide bonds. The lowest BCUT2D eigenvalue weighted by Crippen LogP contribution is -1.68. The molecular weight excluding hydrogens is 132 g/mol. The first-order chi connectivity index (χ1) is 4.41. The Hall–Kier alpha value is -0.230. The molecule has 0 fully saturated rings. The molecule has 0 aliphatic carbocycles. The van der Waals surface area contributed by atoms with E-state index in [1.165, 1.54) is 6.42 Å². The Kier molecular flexibility index (Phi) is 7.57. The van der Waals surface area contributed by atoms with Crippen LogP contribution in [-0.4, -0.2) is 5.88 Å². The van der Waals surface area contributed by atoms with Gasteiger partial charge in [0.1, 0.15) is 0 Å². The number of alkyl halides is 1. The molecule has 0 aromatic carbocycles. The molecule has 0 aliphatic heterocycles. The molecule has 0 N–H and O–H groups in total. The van der Waals surface area contributed by atoms with E-state index < -0.39 is 0 Å². The summed E-state index contributed by atoms with van der Waals surface area (Å²) in [7, 11) is 0. The van der Waals surface area contributed by atoms with Gasteiger partial charge in [-0.2, -0.15) is 0 Å². The van der Waals surface area contributed by atoms with E-state index in [9.17, 15) is 0 Å². The van der Waals surface area contributed by atoms with Gasteiger partial charge in [-0.25, -0.2) is 0 Å². The Morgan fingerprint density at radius 2 is 2.00 bits per heavy atom. The Morgan fingerprint density at radius 3 is 2.56 bits per heavy atom. The lowest BCUT2D eigenvalue weighted by Gasteiger charge is -1.86. The molecule has 0 atom stereocenters. The van der Waals surface area contributed by atoms with Crippen molar-refractivity contribution < 1.29 is 0 Å². The highest BCUT2D eigenvalue weighted by atomic mass is 35.5. The smallest absolute Gasteiger partial charge is 0.0404 e. The zero-order valence-electron chi connectivity index (χ0n) is 5.65. The van der Waals surface area contributed by atoms with Gasteiger partial charge in [-0.15, -0.1) is 18.2 Å². The Labute approximate surface area is 62.2 Å². The number of rotatable bonds is 5. The van der Waals surface area contributed by atoms with Gasteiger partial charge in [-0.1, -0.05) is 18.2 Å². The van der Waals surface area contributed by atoms with Crippen molar-refractivity contribution in [3.8, 4) is 0 Å². The van der Waals surface area contributed by atoms with Gasteiger partial charge >= 0.3 is 0 Å². The molecule has 0 aromatic heterocycles. The number of unbranched alkanes of at least 4 members (excludes halogenated alkanes) is 2. The molecule has 0 unspecified atom stereocenters. The first kappa shape index (κ1) is 8.77. The van der Waals surface area contributed by atoms with Gasteiger partial charge in [0.25, 0.3) is 0 Å². The minimum absolute atomic E-state index is 0.633. The average molecular weight is 145 g/mol. The molecule has 0 radical (unpaired) electrons. The Morgan fingerprint density at radius 1 is 1.22 bits per heavy atom. The van der Waals surface area contributed by atoms with Gasteiger partial charge < -0.3 is 0 Å². The van der Waals surface area contributed by atoms with E-state index in [2.05, 4.69) is 12.7 Å². The van der Waals surface area contributed by atoms with Crippen molar-refractivity contribution in [2.75, 3.05) is 5.88 Å². The van der Waals surface area contributed by atoms with Gasteiger partial charge in [0.05, 0.1) is 0 Å². The number of allylic oxidation sites excluding steroid dienone is 3. The van der Waals surface area contributed by atoms with Crippen LogP contribution in [0.15, 0.2) is 24.8 Å². The fraction of sp³-hybridized carbons (Fsp3) is 0.500. The van der Waals surface area contributed by atoms with Gasteiger partial charge in [0.15, 0.2) is 0 Å². The normalized spacial score (nSPS) is 10.3. The van der Waals surface area contributed by atoms with Crippen LogP contribution >= 0.6 is 11.6 Å². The molecule has 52 valence electrons. The lowest BCUT2D eigenvalue weighted by atomic mass is 10.2. The molecule has 9 heavy (non-hydrogen) atoms. The van der Waals surface area contributed by atoms with E-state index in [1.54, 1.807) is 0 Å². The minimum Gasteiger partial charge on any atom is -0.122 e. The molecule has 0 saturated heterocycles. The largest absolute Gasteiger partial charge is 0.122 e. The molecule has 0 aromatic rings. The predicted octanol–water partition coefficient (Wildman–Crippen LogP) is 3.14. The van der Waals surface area contributed by atoms with Crippen molar-refractivity contribution in [2.24, 2.45) is 0 Å². The highest BCUT2D eigenvalue weighted by Gasteiger charge is 1.77. The van der Waals surface area contributed by atoms with E-state index in [1.807, 2.05) is 12.2 Å². The van der Waals surface area contributed by atoms with E-state index in [4.69, 9.17) is 11.6 Å². The maximum Gasteiger partial charge on any atom is 0.0404 e. The predicted molar refractivity (Wildman–Crippen MR) is 43.9 cm³/mol. The van der Waals surface area contributed by atoms with Crippen LogP contribution in [0.4, 0.5) is 0 Å². The van der Waals surface area contributed by atoms with Crippen LogP contribution in [0.2, 0.25) is 0 Å². The molecule has 0 spiro atoms. The third-order valence-corrected chi connectivity index (χ3v) is 1.21. The van der Waals surface area contributed by atoms with Gasteiger partial charge in [0, 0.05) is 5.88 Å². The van der Waals surface area contributed by atoms with E-state index in [0.717, 1.165) is 12.8 Å². The summed E-state index contributed by atoms with van der Waals surface area (Å²) in [5, 5.41) is 0. The monoisotopic (exact) mass is 144 g/mol. The lowest BCUT2D eigenvalue weighted by molar-refractivity contribution is 0.869.